The van der Waals surface area contributed by atoms with E-state index in [0.29, 0.717) is 13.0 Å². The van der Waals surface area contributed by atoms with Crippen LogP contribution in [0.25, 0.3) is 0 Å². The Morgan fingerprint density at radius 1 is 1.53 bits per heavy atom. The number of likely N-dealkylation sites (N-methyl/N-ethyl adjacent to an activating group) is 1. The number of likely N-dealkylation sites (tertiary alicyclic amines) is 1. The predicted molar refractivity (Wildman–Crippen MR) is 63.4 cm³/mol. The van der Waals surface area contributed by atoms with Crippen LogP contribution in [0.4, 0.5) is 0 Å². The minimum atomic E-state index is -0.384. The van der Waals surface area contributed by atoms with Gasteiger partial charge in [-0.15, -0.1) is 0 Å². The molecule has 3 N–H and O–H groups in total. The summed E-state index contributed by atoms with van der Waals surface area (Å²) in [5, 5.41) is 14.4. The van der Waals surface area contributed by atoms with Gasteiger partial charge in [0.05, 0.1) is 13.2 Å². The van der Waals surface area contributed by atoms with Crippen LogP contribution >= 0.6 is 0 Å². The number of carbonyl (C=O) groups excluding carboxylic acids is 2. The largest absolute Gasteiger partial charge is 0.394 e. The fraction of sp³-hybridized carbons (Fsp3) is 0.818. The second kappa shape index (κ2) is 6.56. The highest BCUT2D eigenvalue weighted by Crippen LogP contribution is 2.17. The molecule has 0 aromatic heterocycles. The van der Waals surface area contributed by atoms with Gasteiger partial charge in [-0.25, -0.2) is 0 Å². The van der Waals surface area contributed by atoms with E-state index in [1.807, 2.05) is 0 Å². The first-order valence-corrected chi connectivity index (χ1v) is 5.95. The Morgan fingerprint density at radius 2 is 2.24 bits per heavy atom. The van der Waals surface area contributed by atoms with Crippen LogP contribution in [-0.4, -0.2) is 60.6 Å². The second-order valence-corrected chi connectivity index (χ2v) is 4.37. The molecule has 1 rings (SSSR count). The molecule has 6 nitrogen and oxygen atoms in total. The summed E-state index contributed by atoms with van der Waals surface area (Å²) < 4.78 is 0. The van der Waals surface area contributed by atoms with E-state index in [1.165, 1.54) is 0 Å². The molecule has 1 saturated heterocycles. The molecule has 0 aliphatic carbocycles. The van der Waals surface area contributed by atoms with Gasteiger partial charge in [-0.05, 0) is 26.8 Å². The fourth-order valence-corrected chi connectivity index (χ4v) is 1.98. The maximum atomic E-state index is 11.9. The smallest absolute Gasteiger partial charge is 0.243 e. The molecule has 98 valence electrons. The van der Waals surface area contributed by atoms with E-state index in [1.54, 1.807) is 18.9 Å². The minimum Gasteiger partial charge on any atom is -0.394 e. The summed E-state index contributed by atoms with van der Waals surface area (Å²) in [6, 6.07) is -0.658. The van der Waals surface area contributed by atoms with Gasteiger partial charge < -0.3 is 20.6 Å². The van der Waals surface area contributed by atoms with Crippen molar-refractivity contribution in [2.75, 3.05) is 26.7 Å². The Labute approximate surface area is 101 Å². The van der Waals surface area contributed by atoms with Gasteiger partial charge in [-0.2, -0.15) is 0 Å². The number of carbonyl (C=O) groups is 2. The number of aliphatic hydroxyl groups is 1. The van der Waals surface area contributed by atoms with E-state index in [4.69, 9.17) is 5.11 Å². The van der Waals surface area contributed by atoms with Gasteiger partial charge in [0.15, 0.2) is 0 Å². The van der Waals surface area contributed by atoms with Gasteiger partial charge in [-0.3, -0.25) is 9.59 Å². The lowest BCUT2D eigenvalue weighted by Crippen LogP contribution is -2.50. The standard InChI is InChI=1S/C11H21N3O3/c1-8(7-15)13-11(17)9-4-3-5-14(9)10(16)6-12-2/h8-9,12,15H,3-7H2,1-2H3,(H,13,17). The molecule has 6 heteroatoms. The van der Waals surface area contributed by atoms with Crippen molar-refractivity contribution in [3.8, 4) is 0 Å². The van der Waals surface area contributed by atoms with Crippen LogP contribution in [0.1, 0.15) is 19.8 Å². The third-order valence-corrected chi connectivity index (χ3v) is 2.87. The monoisotopic (exact) mass is 243 g/mol. The molecule has 17 heavy (non-hydrogen) atoms. The van der Waals surface area contributed by atoms with Crippen molar-refractivity contribution in [1.82, 2.24) is 15.5 Å². The summed E-state index contributed by atoms with van der Waals surface area (Å²) in [6.45, 7) is 2.51. The number of hydrogen-bond donors (Lipinski definition) is 3. The lowest BCUT2D eigenvalue weighted by Gasteiger charge is -2.25. The molecule has 2 atom stereocenters. The van der Waals surface area contributed by atoms with Crippen LogP contribution in [0, 0.1) is 0 Å². The first-order chi connectivity index (χ1) is 8.10. The first-order valence-electron chi connectivity index (χ1n) is 5.95. The molecular weight excluding hydrogens is 222 g/mol. The van der Waals surface area contributed by atoms with Gasteiger partial charge in [0.2, 0.25) is 11.8 Å². The SMILES string of the molecule is CNCC(=O)N1CCCC1C(=O)NC(C)CO. The molecule has 0 saturated carbocycles. The van der Waals surface area contributed by atoms with Crippen LogP contribution in [0.5, 0.6) is 0 Å². The minimum absolute atomic E-state index is 0.0539. The third kappa shape index (κ3) is 3.67. The van der Waals surface area contributed by atoms with Crippen LogP contribution in [0.3, 0.4) is 0 Å². The van der Waals surface area contributed by atoms with Gasteiger partial charge in [0.25, 0.3) is 0 Å². The molecule has 1 aliphatic heterocycles. The Bertz CT molecular complexity index is 283. The number of amides is 2. The second-order valence-electron chi connectivity index (χ2n) is 4.37. The lowest BCUT2D eigenvalue weighted by molar-refractivity contribution is -0.138. The van der Waals surface area contributed by atoms with E-state index in [-0.39, 0.29) is 37.0 Å². The van der Waals surface area contributed by atoms with Crippen molar-refractivity contribution >= 4 is 11.8 Å². The van der Waals surface area contributed by atoms with Gasteiger partial charge in [0.1, 0.15) is 6.04 Å². The predicted octanol–water partition coefficient (Wildman–Crippen LogP) is -1.31. The maximum Gasteiger partial charge on any atom is 0.243 e. The zero-order valence-corrected chi connectivity index (χ0v) is 10.4. The third-order valence-electron chi connectivity index (χ3n) is 2.87. The Balaban J connectivity index is 2.56. The van der Waals surface area contributed by atoms with Crippen LogP contribution in [-0.2, 0) is 9.59 Å². The highest BCUT2D eigenvalue weighted by Gasteiger charge is 2.33. The molecule has 0 bridgehead atoms. The summed E-state index contributed by atoms with van der Waals surface area (Å²) in [5.41, 5.74) is 0. The van der Waals surface area contributed by atoms with Crippen molar-refractivity contribution in [2.24, 2.45) is 0 Å². The Hall–Kier alpha value is -1.14. The zero-order chi connectivity index (χ0) is 12.8. The van der Waals surface area contributed by atoms with Crippen molar-refractivity contribution in [2.45, 2.75) is 31.8 Å². The van der Waals surface area contributed by atoms with E-state index < -0.39 is 0 Å². The molecule has 1 aliphatic rings. The molecule has 2 unspecified atom stereocenters. The Morgan fingerprint density at radius 3 is 2.82 bits per heavy atom. The number of hydrogen-bond acceptors (Lipinski definition) is 4. The molecule has 0 aromatic carbocycles. The average molecular weight is 243 g/mol. The van der Waals surface area contributed by atoms with Crippen LogP contribution in [0.15, 0.2) is 0 Å². The van der Waals surface area contributed by atoms with Crippen molar-refractivity contribution in [3.05, 3.63) is 0 Å². The van der Waals surface area contributed by atoms with E-state index >= 15 is 0 Å². The summed E-state index contributed by atoms with van der Waals surface area (Å²) in [5.74, 6) is -0.227. The number of nitrogens with zero attached hydrogens (tertiary/aromatic N) is 1. The lowest BCUT2D eigenvalue weighted by atomic mass is 10.2. The number of rotatable bonds is 5. The molecule has 0 aromatic rings. The highest BCUT2D eigenvalue weighted by atomic mass is 16.3. The molecular formula is C11H21N3O3. The topological polar surface area (TPSA) is 81.7 Å². The summed E-state index contributed by atoms with van der Waals surface area (Å²) in [7, 11) is 1.71. The summed E-state index contributed by atoms with van der Waals surface area (Å²) in [6.07, 6.45) is 1.54. The number of aliphatic hydroxyl groups excluding tert-OH is 1. The van der Waals surface area contributed by atoms with Gasteiger partial charge in [0, 0.05) is 12.6 Å². The summed E-state index contributed by atoms with van der Waals surface area (Å²) in [4.78, 5) is 25.3. The average Bonchev–Trinajstić information content (AvgIpc) is 2.78. The highest BCUT2D eigenvalue weighted by molar-refractivity contribution is 5.89. The van der Waals surface area contributed by atoms with Crippen LogP contribution < -0.4 is 10.6 Å². The van der Waals surface area contributed by atoms with Crippen molar-refractivity contribution < 1.29 is 14.7 Å². The van der Waals surface area contributed by atoms with Gasteiger partial charge >= 0.3 is 0 Å². The quantitative estimate of drug-likeness (QED) is 0.560. The molecule has 1 heterocycles. The van der Waals surface area contributed by atoms with Crippen LogP contribution in [0.2, 0.25) is 0 Å². The van der Waals surface area contributed by atoms with E-state index in [2.05, 4.69) is 10.6 Å². The maximum absolute atomic E-state index is 11.9. The fourth-order valence-electron chi connectivity index (χ4n) is 1.98. The summed E-state index contributed by atoms with van der Waals surface area (Å²) >= 11 is 0. The molecule has 1 fully saturated rings. The van der Waals surface area contributed by atoms with E-state index in [0.717, 1.165) is 6.42 Å². The normalized spacial score (nSPS) is 21.4. The Kier molecular flexibility index (Phi) is 5.37. The number of nitrogens with one attached hydrogen (secondary N) is 2. The van der Waals surface area contributed by atoms with E-state index in [9.17, 15) is 9.59 Å². The molecule has 0 spiro atoms. The molecule has 0 radical (unpaired) electrons. The van der Waals surface area contributed by atoms with Gasteiger partial charge in [-0.1, -0.05) is 0 Å². The first kappa shape index (κ1) is 13.9. The van der Waals surface area contributed by atoms with Crippen molar-refractivity contribution in [3.63, 3.8) is 0 Å². The molecule has 2 amide bonds. The van der Waals surface area contributed by atoms with Crippen molar-refractivity contribution in [1.29, 1.82) is 0 Å². The zero-order valence-electron chi connectivity index (χ0n) is 10.4.